The quantitative estimate of drug-likeness (QED) is 0.741. The topological polar surface area (TPSA) is 99.8 Å². The highest BCUT2D eigenvalue weighted by molar-refractivity contribution is 9.10. The highest BCUT2D eigenvalue weighted by Gasteiger charge is 2.35. The third-order valence-corrected chi connectivity index (χ3v) is 2.99. The molecular weight excluding hydrogens is 383 g/mol. The van der Waals surface area contributed by atoms with E-state index < -0.39 is 36.3 Å². The number of benzene rings is 1. The lowest BCUT2D eigenvalue weighted by molar-refractivity contribution is -0.144. The number of nitrogens with zero attached hydrogens (tertiary/aromatic N) is 2. The van der Waals surface area contributed by atoms with Gasteiger partial charge in [-0.1, -0.05) is 22.0 Å². The molecule has 0 aliphatic rings. The number of alkyl halides is 3. The zero-order chi connectivity index (χ0) is 17.0. The third-order valence-electron chi connectivity index (χ3n) is 2.50. The van der Waals surface area contributed by atoms with E-state index in [0.29, 0.717) is 10.0 Å². The summed E-state index contributed by atoms with van der Waals surface area (Å²) in [4.78, 5) is 26.4. The zero-order valence-corrected chi connectivity index (χ0v) is 12.8. The van der Waals surface area contributed by atoms with E-state index in [0.717, 1.165) is 0 Å². The van der Waals surface area contributed by atoms with Crippen LogP contribution in [0.5, 0.6) is 0 Å². The van der Waals surface area contributed by atoms with Gasteiger partial charge in [0, 0.05) is 10.0 Å². The van der Waals surface area contributed by atoms with Crippen molar-refractivity contribution in [3.05, 3.63) is 40.1 Å². The molecule has 3 N–H and O–H groups in total. The summed E-state index contributed by atoms with van der Waals surface area (Å²) in [6.07, 6.45) is -4.69. The molecule has 2 amide bonds. The van der Waals surface area contributed by atoms with Gasteiger partial charge >= 0.3 is 6.18 Å². The van der Waals surface area contributed by atoms with Crippen LogP contribution >= 0.6 is 15.9 Å². The molecule has 2 rings (SSSR count). The van der Waals surface area contributed by atoms with Gasteiger partial charge in [-0.2, -0.15) is 18.2 Å². The lowest BCUT2D eigenvalue weighted by atomic mass is 10.2. The van der Waals surface area contributed by atoms with Crippen LogP contribution in [0.25, 0.3) is 0 Å². The Hall–Kier alpha value is -2.43. The predicted octanol–water partition coefficient (Wildman–Crippen LogP) is 1.95. The van der Waals surface area contributed by atoms with E-state index in [1.807, 2.05) is 5.32 Å². The number of hydrogen-bond donors (Lipinski definition) is 3. The summed E-state index contributed by atoms with van der Waals surface area (Å²) < 4.78 is 37.6. The first kappa shape index (κ1) is 16.9. The Kier molecular flexibility index (Phi) is 4.98. The molecule has 122 valence electrons. The molecule has 1 aromatic heterocycles. The van der Waals surface area contributed by atoms with Crippen molar-refractivity contribution in [2.45, 2.75) is 6.18 Å². The van der Waals surface area contributed by atoms with Crippen LogP contribution in [0.1, 0.15) is 16.2 Å². The number of halogens is 4. The van der Waals surface area contributed by atoms with Crippen molar-refractivity contribution in [1.29, 1.82) is 0 Å². The van der Waals surface area contributed by atoms with Gasteiger partial charge in [-0.25, -0.2) is 0 Å². The van der Waals surface area contributed by atoms with Gasteiger partial charge in [0.05, 0.1) is 6.54 Å². The maximum atomic E-state index is 12.3. The van der Waals surface area contributed by atoms with Crippen LogP contribution in [-0.4, -0.2) is 33.5 Å². The average Bonchev–Trinajstić information content (AvgIpc) is 2.93. The van der Waals surface area contributed by atoms with Crippen LogP contribution in [0.15, 0.2) is 28.7 Å². The van der Waals surface area contributed by atoms with Crippen molar-refractivity contribution < 1.29 is 22.8 Å². The molecule has 1 heterocycles. The van der Waals surface area contributed by atoms with Crippen LogP contribution < -0.4 is 10.6 Å². The molecule has 0 saturated carbocycles. The molecule has 0 unspecified atom stereocenters. The van der Waals surface area contributed by atoms with Crippen LogP contribution in [0.3, 0.4) is 0 Å². The molecule has 2 aromatic rings. The Morgan fingerprint density at radius 3 is 2.65 bits per heavy atom. The largest absolute Gasteiger partial charge is 0.451 e. The summed E-state index contributed by atoms with van der Waals surface area (Å²) in [7, 11) is 0. The molecule has 0 aliphatic carbocycles. The molecule has 0 atom stereocenters. The Bertz CT molecular complexity index is 731. The maximum absolute atomic E-state index is 12.3. The minimum absolute atomic E-state index is 0.324. The first-order valence-electron chi connectivity index (χ1n) is 6.09. The fourth-order valence-corrected chi connectivity index (χ4v) is 1.90. The summed E-state index contributed by atoms with van der Waals surface area (Å²) in [5.74, 6) is -3.13. The van der Waals surface area contributed by atoms with E-state index >= 15 is 0 Å². The number of hydrogen-bond acceptors (Lipinski definition) is 4. The van der Waals surface area contributed by atoms with Crippen molar-refractivity contribution in [1.82, 2.24) is 20.5 Å². The Morgan fingerprint density at radius 2 is 2.04 bits per heavy atom. The van der Waals surface area contributed by atoms with E-state index in [1.54, 1.807) is 29.4 Å². The zero-order valence-electron chi connectivity index (χ0n) is 11.2. The van der Waals surface area contributed by atoms with Gasteiger partial charge in [-0.3, -0.25) is 20.0 Å². The number of H-pyrrole nitrogens is 1. The summed E-state index contributed by atoms with van der Waals surface area (Å²) in [5, 5.41) is 9.23. The fraction of sp³-hybridized carbons (Fsp3) is 0.167. The summed E-state index contributed by atoms with van der Waals surface area (Å²) >= 11 is 3.20. The second kappa shape index (κ2) is 6.77. The molecule has 0 aliphatic heterocycles. The van der Waals surface area contributed by atoms with E-state index in [1.165, 1.54) is 0 Å². The minimum Gasteiger partial charge on any atom is -0.343 e. The fourth-order valence-electron chi connectivity index (χ4n) is 1.51. The molecular formula is C12H9BrF3N5O2. The number of carbonyl (C=O) groups excluding carboxylic acids is 2. The van der Waals surface area contributed by atoms with E-state index in [-0.39, 0.29) is 0 Å². The van der Waals surface area contributed by atoms with E-state index in [4.69, 9.17) is 0 Å². The lowest BCUT2D eigenvalue weighted by Crippen LogP contribution is -2.33. The molecule has 23 heavy (non-hydrogen) atoms. The molecule has 11 heteroatoms. The summed E-state index contributed by atoms with van der Waals surface area (Å²) in [5.41, 5.74) is 0.324. The molecule has 1 aromatic carbocycles. The van der Waals surface area contributed by atoms with Crippen molar-refractivity contribution in [3.63, 3.8) is 0 Å². The smallest absolute Gasteiger partial charge is 0.343 e. The SMILES string of the molecule is O=C(CNC(=O)c1cccc(Br)c1)Nc1n[nH]c(C(F)(F)F)n1. The van der Waals surface area contributed by atoms with Crippen LogP contribution in [0.2, 0.25) is 0 Å². The Labute approximate surface area is 135 Å². The second-order valence-electron chi connectivity index (χ2n) is 4.25. The van der Waals surface area contributed by atoms with Gasteiger partial charge in [-0.15, -0.1) is 5.10 Å². The standard InChI is InChI=1S/C12H9BrF3N5O2/c13-7-3-1-2-6(4-7)9(23)17-5-8(22)18-11-19-10(20-21-11)12(14,15)16/h1-4H,5H2,(H,17,23)(H2,18,19,20,21,22). The van der Waals surface area contributed by atoms with Crippen molar-refractivity contribution in [2.24, 2.45) is 0 Å². The van der Waals surface area contributed by atoms with Crippen LogP contribution in [0.4, 0.5) is 19.1 Å². The number of aromatic amines is 1. The molecule has 0 saturated heterocycles. The molecule has 7 nitrogen and oxygen atoms in total. The summed E-state index contributed by atoms with van der Waals surface area (Å²) in [6.45, 7) is -0.443. The Morgan fingerprint density at radius 1 is 1.30 bits per heavy atom. The Balaban J connectivity index is 1.88. The summed E-state index contributed by atoms with van der Waals surface area (Å²) in [6, 6.07) is 6.47. The number of amides is 2. The number of aromatic nitrogens is 3. The van der Waals surface area contributed by atoms with Crippen LogP contribution in [0, 0.1) is 0 Å². The monoisotopic (exact) mass is 391 g/mol. The highest BCUT2D eigenvalue weighted by atomic mass is 79.9. The van der Waals surface area contributed by atoms with Crippen LogP contribution in [-0.2, 0) is 11.0 Å². The van der Waals surface area contributed by atoms with Gasteiger partial charge in [0.2, 0.25) is 17.7 Å². The predicted molar refractivity (Wildman–Crippen MR) is 76.5 cm³/mol. The molecule has 0 bridgehead atoms. The van der Waals surface area contributed by atoms with Gasteiger partial charge in [0.15, 0.2) is 0 Å². The average molecular weight is 392 g/mol. The molecule has 0 radical (unpaired) electrons. The first-order chi connectivity index (χ1) is 10.8. The third kappa shape index (κ3) is 4.77. The molecule has 0 spiro atoms. The van der Waals surface area contributed by atoms with Crippen molar-refractivity contribution >= 4 is 33.7 Å². The van der Waals surface area contributed by atoms with Crippen molar-refractivity contribution in [2.75, 3.05) is 11.9 Å². The second-order valence-corrected chi connectivity index (χ2v) is 5.16. The number of carbonyl (C=O) groups is 2. The highest BCUT2D eigenvalue weighted by Crippen LogP contribution is 2.26. The molecule has 0 fully saturated rings. The van der Waals surface area contributed by atoms with E-state index in [9.17, 15) is 22.8 Å². The van der Waals surface area contributed by atoms with Gasteiger partial charge in [0.1, 0.15) is 0 Å². The minimum atomic E-state index is -4.69. The van der Waals surface area contributed by atoms with E-state index in [2.05, 4.69) is 31.3 Å². The normalized spacial score (nSPS) is 11.1. The van der Waals surface area contributed by atoms with Gasteiger partial charge < -0.3 is 5.32 Å². The van der Waals surface area contributed by atoms with Gasteiger partial charge in [-0.05, 0) is 18.2 Å². The lowest BCUT2D eigenvalue weighted by Gasteiger charge is -2.05. The number of anilines is 1. The van der Waals surface area contributed by atoms with Gasteiger partial charge in [0.25, 0.3) is 5.91 Å². The maximum Gasteiger partial charge on any atom is 0.451 e. The number of rotatable bonds is 4. The number of nitrogens with one attached hydrogen (secondary N) is 3. The van der Waals surface area contributed by atoms with Crippen molar-refractivity contribution in [3.8, 4) is 0 Å². The first-order valence-corrected chi connectivity index (χ1v) is 6.88.